The predicted octanol–water partition coefficient (Wildman–Crippen LogP) is 2.88. The number of carbonyl (C=O) groups excluding carboxylic acids is 2. The molecule has 0 aromatic carbocycles. The molecule has 8 heteroatoms. The normalized spacial score (nSPS) is 19.6. The average Bonchev–Trinajstić information content (AvgIpc) is 3.27. The van der Waals surface area contributed by atoms with Gasteiger partial charge in [-0.05, 0) is 49.9 Å². The molecule has 0 saturated heterocycles. The molecule has 2 aromatic heterocycles. The molecule has 7 nitrogen and oxygen atoms in total. The van der Waals surface area contributed by atoms with Crippen LogP contribution in [0, 0.1) is 12.8 Å². The van der Waals surface area contributed by atoms with Crippen LogP contribution < -0.4 is 10.6 Å². The molecule has 2 heterocycles. The Morgan fingerprint density at radius 2 is 2.08 bits per heavy atom. The Bertz CT molecular complexity index is 796. The molecule has 0 bridgehead atoms. The predicted molar refractivity (Wildman–Crippen MR) is 91.9 cm³/mol. The van der Waals surface area contributed by atoms with Gasteiger partial charge in [-0.15, -0.1) is 11.3 Å². The summed E-state index contributed by atoms with van der Waals surface area (Å²) < 4.78 is 5.04. The van der Waals surface area contributed by atoms with Crippen LogP contribution in [-0.4, -0.2) is 28.9 Å². The van der Waals surface area contributed by atoms with E-state index in [1.807, 2.05) is 0 Å². The first-order valence-electron chi connectivity index (χ1n) is 7.93. The summed E-state index contributed by atoms with van der Waals surface area (Å²) in [5.74, 6) is -1.62. The maximum Gasteiger partial charge on any atom is 0.306 e. The molecular weight excluding hydrogens is 344 g/mol. The summed E-state index contributed by atoms with van der Waals surface area (Å²) in [5.41, 5.74) is 0.755. The van der Waals surface area contributed by atoms with Crippen molar-refractivity contribution in [1.29, 1.82) is 0 Å². The fourth-order valence-corrected chi connectivity index (χ4v) is 3.91. The summed E-state index contributed by atoms with van der Waals surface area (Å²) in [6, 6.07) is 4.79. The summed E-state index contributed by atoms with van der Waals surface area (Å²) in [6.07, 6.45) is 3.11. The maximum absolute atomic E-state index is 12.4. The van der Waals surface area contributed by atoms with Crippen LogP contribution in [0.4, 0.5) is 5.00 Å². The fourth-order valence-electron chi connectivity index (χ4n) is 2.94. The minimum Gasteiger partial charge on any atom is -0.481 e. The Morgan fingerprint density at radius 1 is 1.28 bits per heavy atom. The lowest BCUT2D eigenvalue weighted by atomic mass is 10.1. The molecule has 25 heavy (non-hydrogen) atoms. The monoisotopic (exact) mass is 362 g/mol. The fraction of sp³-hybridized carbons (Fsp3) is 0.353. The maximum atomic E-state index is 12.4. The van der Waals surface area contributed by atoms with Gasteiger partial charge in [-0.2, -0.15) is 0 Å². The van der Waals surface area contributed by atoms with Crippen molar-refractivity contribution in [2.45, 2.75) is 32.2 Å². The molecule has 0 unspecified atom stereocenters. The molecule has 0 aliphatic heterocycles. The lowest BCUT2D eigenvalue weighted by Gasteiger charge is -2.11. The number of anilines is 1. The highest BCUT2D eigenvalue weighted by Gasteiger charge is 2.31. The number of rotatable bonds is 5. The van der Waals surface area contributed by atoms with Gasteiger partial charge < -0.3 is 20.2 Å². The summed E-state index contributed by atoms with van der Waals surface area (Å²) >= 11 is 1.18. The number of carboxylic acids is 1. The van der Waals surface area contributed by atoms with E-state index in [1.54, 1.807) is 25.1 Å². The number of aliphatic carboxylic acids is 1. The minimum absolute atomic E-state index is 0.128. The molecular formula is C17H18N2O5S. The summed E-state index contributed by atoms with van der Waals surface area (Å²) in [7, 11) is 0. The molecule has 2 aromatic rings. The van der Waals surface area contributed by atoms with E-state index in [0.29, 0.717) is 29.1 Å². The van der Waals surface area contributed by atoms with Crippen LogP contribution in [-0.2, 0) is 4.79 Å². The van der Waals surface area contributed by atoms with Crippen LogP contribution in [0.1, 0.15) is 45.1 Å². The van der Waals surface area contributed by atoms with E-state index < -0.39 is 11.9 Å². The Morgan fingerprint density at radius 3 is 2.72 bits per heavy atom. The van der Waals surface area contributed by atoms with Crippen molar-refractivity contribution in [2.75, 3.05) is 5.32 Å². The second-order valence-electron chi connectivity index (χ2n) is 6.07. The standard InChI is InChI=1S/C17H18N2O5S/c1-9-7-13(19-15(20)12-3-2-6-24-12)25-14(9)16(21)18-11-5-4-10(8-11)17(22)23/h2-3,6-7,10-11H,4-5,8H2,1H3,(H,18,21)(H,19,20)(H,22,23)/t10-,11+/m1/s1. The molecule has 2 amide bonds. The Hall–Kier alpha value is -2.61. The molecule has 1 aliphatic rings. The van der Waals surface area contributed by atoms with Crippen LogP contribution in [0.15, 0.2) is 28.9 Å². The molecule has 1 aliphatic carbocycles. The zero-order valence-electron chi connectivity index (χ0n) is 13.6. The second kappa shape index (κ2) is 7.10. The highest BCUT2D eigenvalue weighted by atomic mass is 32.1. The number of aryl methyl sites for hydroxylation is 1. The number of furan rings is 1. The molecule has 1 saturated carbocycles. The van der Waals surface area contributed by atoms with E-state index in [1.165, 1.54) is 17.6 Å². The first-order chi connectivity index (χ1) is 11.9. The van der Waals surface area contributed by atoms with E-state index in [2.05, 4.69) is 10.6 Å². The molecule has 3 rings (SSSR count). The molecule has 132 valence electrons. The molecule has 0 radical (unpaired) electrons. The highest BCUT2D eigenvalue weighted by molar-refractivity contribution is 7.18. The lowest BCUT2D eigenvalue weighted by Crippen LogP contribution is -2.33. The number of amides is 2. The Kier molecular flexibility index (Phi) is 4.89. The van der Waals surface area contributed by atoms with Crippen LogP contribution in [0.25, 0.3) is 0 Å². The topological polar surface area (TPSA) is 109 Å². The van der Waals surface area contributed by atoms with E-state index in [-0.39, 0.29) is 23.6 Å². The van der Waals surface area contributed by atoms with Crippen LogP contribution in [0.3, 0.4) is 0 Å². The zero-order chi connectivity index (χ0) is 18.0. The van der Waals surface area contributed by atoms with Crippen LogP contribution in [0.5, 0.6) is 0 Å². The third-order valence-corrected chi connectivity index (χ3v) is 5.37. The van der Waals surface area contributed by atoms with Gasteiger partial charge in [-0.3, -0.25) is 14.4 Å². The molecule has 1 fully saturated rings. The van der Waals surface area contributed by atoms with Gasteiger partial charge in [0, 0.05) is 6.04 Å². The first kappa shape index (κ1) is 17.2. The van der Waals surface area contributed by atoms with Gasteiger partial charge in [0.2, 0.25) is 0 Å². The van der Waals surface area contributed by atoms with Crippen LogP contribution >= 0.6 is 11.3 Å². The smallest absolute Gasteiger partial charge is 0.306 e. The van der Waals surface area contributed by atoms with Crippen molar-refractivity contribution in [2.24, 2.45) is 5.92 Å². The number of carbonyl (C=O) groups is 3. The van der Waals surface area contributed by atoms with E-state index >= 15 is 0 Å². The van der Waals surface area contributed by atoms with Gasteiger partial charge in [-0.25, -0.2) is 0 Å². The van der Waals surface area contributed by atoms with Gasteiger partial charge in [-0.1, -0.05) is 0 Å². The Labute approximate surface area is 148 Å². The van der Waals surface area contributed by atoms with Crippen molar-refractivity contribution < 1.29 is 23.9 Å². The van der Waals surface area contributed by atoms with Gasteiger partial charge in [0.25, 0.3) is 11.8 Å². The second-order valence-corrected chi connectivity index (χ2v) is 7.13. The lowest BCUT2D eigenvalue weighted by molar-refractivity contribution is -0.141. The van der Waals surface area contributed by atoms with Gasteiger partial charge in [0.05, 0.1) is 22.1 Å². The van der Waals surface area contributed by atoms with E-state index in [4.69, 9.17) is 9.52 Å². The van der Waals surface area contributed by atoms with Gasteiger partial charge >= 0.3 is 5.97 Å². The number of carboxylic acid groups (broad SMARTS) is 1. The largest absolute Gasteiger partial charge is 0.481 e. The average molecular weight is 362 g/mol. The minimum atomic E-state index is -0.813. The number of hydrogen-bond donors (Lipinski definition) is 3. The highest BCUT2D eigenvalue weighted by Crippen LogP contribution is 2.29. The van der Waals surface area contributed by atoms with Crippen molar-refractivity contribution in [1.82, 2.24) is 5.32 Å². The summed E-state index contributed by atoms with van der Waals surface area (Å²) in [6.45, 7) is 1.79. The molecule has 2 atom stereocenters. The zero-order valence-corrected chi connectivity index (χ0v) is 14.4. The van der Waals surface area contributed by atoms with E-state index in [0.717, 1.165) is 5.56 Å². The van der Waals surface area contributed by atoms with Crippen LogP contribution in [0.2, 0.25) is 0 Å². The number of thiophene rings is 1. The summed E-state index contributed by atoms with van der Waals surface area (Å²) in [4.78, 5) is 35.9. The van der Waals surface area contributed by atoms with Crippen molar-refractivity contribution in [3.63, 3.8) is 0 Å². The third kappa shape index (κ3) is 3.90. The van der Waals surface area contributed by atoms with Crippen molar-refractivity contribution >= 4 is 34.1 Å². The Balaban J connectivity index is 1.63. The van der Waals surface area contributed by atoms with Gasteiger partial charge in [0.15, 0.2) is 5.76 Å². The van der Waals surface area contributed by atoms with Crippen molar-refractivity contribution in [3.05, 3.63) is 40.7 Å². The van der Waals surface area contributed by atoms with E-state index in [9.17, 15) is 14.4 Å². The SMILES string of the molecule is Cc1cc(NC(=O)c2ccco2)sc1C(=O)N[C@H]1CC[C@@H](C(=O)O)C1. The quantitative estimate of drug-likeness (QED) is 0.758. The number of nitrogens with one attached hydrogen (secondary N) is 2. The molecule has 0 spiro atoms. The first-order valence-corrected chi connectivity index (χ1v) is 8.74. The third-order valence-electron chi connectivity index (χ3n) is 4.22. The molecule has 3 N–H and O–H groups in total. The van der Waals surface area contributed by atoms with Crippen molar-refractivity contribution in [3.8, 4) is 0 Å². The summed E-state index contributed by atoms with van der Waals surface area (Å²) in [5, 5.41) is 15.2. The number of hydrogen-bond acceptors (Lipinski definition) is 5. The van der Waals surface area contributed by atoms with Gasteiger partial charge in [0.1, 0.15) is 0 Å².